The molecule has 0 aliphatic carbocycles. The van der Waals surface area contributed by atoms with Crippen molar-refractivity contribution in [2.45, 2.75) is 37.0 Å². The molecule has 2 aromatic rings. The summed E-state index contributed by atoms with van der Waals surface area (Å²) in [6, 6.07) is 0. The molecular weight excluding hydrogens is 516 g/mol. The molecule has 2 aromatic heterocycles. The van der Waals surface area contributed by atoms with Crippen LogP contribution in [0.5, 0.6) is 0 Å². The Labute approximate surface area is 213 Å². The van der Waals surface area contributed by atoms with Gasteiger partial charge in [0.05, 0.1) is 49.6 Å². The molecule has 0 spiro atoms. The van der Waals surface area contributed by atoms with Gasteiger partial charge < -0.3 is 24.3 Å². The summed E-state index contributed by atoms with van der Waals surface area (Å²) < 4.78 is 53.2. The second-order valence-electron chi connectivity index (χ2n) is 8.03. The van der Waals surface area contributed by atoms with Crippen LogP contribution in [-0.2, 0) is 34.8 Å². The van der Waals surface area contributed by atoms with Crippen molar-refractivity contribution < 1.29 is 27.4 Å². The van der Waals surface area contributed by atoms with E-state index in [1.54, 1.807) is 13.8 Å². The Bertz CT molecular complexity index is 1230. The van der Waals surface area contributed by atoms with Crippen LogP contribution in [0.25, 0.3) is 0 Å². The topological polar surface area (TPSA) is 164 Å². The number of ether oxygens (including phenoxy) is 4. The lowest BCUT2D eigenvalue weighted by Gasteiger charge is -2.33. The molecule has 1 unspecified atom stereocenters. The van der Waals surface area contributed by atoms with Gasteiger partial charge in [-0.05, 0) is 6.92 Å². The van der Waals surface area contributed by atoms with E-state index in [1.165, 1.54) is 43.6 Å². The summed E-state index contributed by atoms with van der Waals surface area (Å²) in [5.74, 6) is -1.38. The molecule has 0 bridgehead atoms. The van der Waals surface area contributed by atoms with Crippen LogP contribution in [0, 0.1) is 0 Å². The van der Waals surface area contributed by atoms with Gasteiger partial charge in [-0.1, -0.05) is 18.5 Å². The molecule has 4 atom stereocenters. The van der Waals surface area contributed by atoms with Crippen LogP contribution in [0.15, 0.2) is 29.3 Å². The maximum atomic E-state index is 13.5. The fourth-order valence-electron chi connectivity index (χ4n) is 3.66. The zero-order valence-electron chi connectivity index (χ0n) is 20.1. The summed E-state index contributed by atoms with van der Waals surface area (Å²) in [6.45, 7) is 4.20. The van der Waals surface area contributed by atoms with Gasteiger partial charge in [0.2, 0.25) is 16.0 Å². The highest BCUT2D eigenvalue weighted by molar-refractivity contribution is 7.93. The lowest BCUT2D eigenvalue weighted by atomic mass is 10.1. The SMILES string of the molecule is COC1=CC(OC)(n2c(NS(=O)(=O)[C@@H](C)[C@H](C)c3ncc(Cl)cn3)nnc2[C@H]2COCCO2)N=CN1. The van der Waals surface area contributed by atoms with Crippen molar-refractivity contribution in [2.75, 3.05) is 38.8 Å². The summed E-state index contributed by atoms with van der Waals surface area (Å²) in [6.07, 6.45) is 5.08. The van der Waals surface area contributed by atoms with E-state index in [9.17, 15) is 8.42 Å². The zero-order valence-corrected chi connectivity index (χ0v) is 21.7. The molecule has 1 fully saturated rings. The molecule has 2 N–H and O–H groups in total. The first-order valence-corrected chi connectivity index (χ1v) is 12.9. The van der Waals surface area contributed by atoms with Crippen molar-refractivity contribution in [3.8, 4) is 0 Å². The molecule has 0 amide bonds. The van der Waals surface area contributed by atoms with Crippen LogP contribution >= 0.6 is 11.6 Å². The third-order valence-corrected chi connectivity index (χ3v) is 7.93. The Morgan fingerprint density at radius 3 is 2.64 bits per heavy atom. The quantitative estimate of drug-likeness (QED) is 0.466. The number of anilines is 1. The van der Waals surface area contributed by atoms with Crippen molar-refractivity contribution in [2.24, 2.45) is 4.99 Å². The van der Waals surface area contributed by atoms with Gasteiger partial charge in [-0.25, -0.2) is 27.9 Å². The van der Waals surface area contributed by atoms with E-state index < -0.39 is 33.1 Å². The smallest absolute Gasteiger partial charge is 0.274 e. The van der Waals surface area contributed by atoms with Crippen LogP contribution in [0.3, 0.4) is 0 Å². The van der Waals surface area contributed by atoms with E-state index in [2.05, 4.69) is 35.2 Å². The average Bonchev–Trinajstić information content (AvgIpc) is 3.32. The Morgan fingerprint density at radius 2 is 2.00 bits per heavy atom. The highest BCUT2D eigenvalue weighted by Gasteiger charge is 2.41. The second-order valence-corrected chi connectivity index (χ2v) is 10.5. The summed E-state index contributed by atoms with van der Waals surface area (Å²) >= 11 is 5.86. The first-order chi connectivity index (χ1) is 17.2. The summed E-state index contributed by atoms with van der Waals surface area (Å²) in [7, 11) is -1.16. The largest absolute Gasteiger partial charge is 0.482 e. The van der Waals surface area contributed by atoms with Crippen LogP contribution in [-0.4, -0.2) is 78.8 Å². The monoisotopic (exact) mass is 542 g/mol. The van der Waals surface area contributed by atoms with Crippen molar-refractivity contribution in [3.63, 3.8) is 0 Å². The Hall–Kier alpha value is -2.85. The van der Waals surface area contributed by atoms with Crippen LogP contribution in [0.2, 0.25) is 5.02 Å². The first kappa shape index (κ1) is 26.2. The van der Waals surface area contributed by atoms with Gasteiger partial charge in [-0.3, -0.25) is 4.72 Å². The van der Waals surface area contributed by atoms with E-state index in [0.29, 0.717) is 29.9 Å². The van der Waals surface area contributed by atoms with Gasteiger partial charge in [0.15, 0.2) is 11.7 Å². The Morgan fingerprint density at radius 1 is 1.25 bits per heavy atom. The van der Waals surface area contributed by atoms with Gasteiger partial charge in [0, 0.05) is 25.4 Å². The van der Waals surface area contributed by atoms with Crippen molar-refractivity contribution in [1.82, 2.24) is 30.0 Å². The minimum absolute atomic E-state index is 0.136. The number of hydrogen-bond acceptors (Lipinski definition) is 12. The number of aliphatic imine (C=N–C) groups is 1. The van der Waals surface area contributed by atoms with Crippen LogP contribution in [0.4, 0.5) is 5.95 Å². The molecule has 0 saturated carbocycles. The number of hydrogen-bond donors (Lipinski definition) is 2. The molecule has 4 rings (SSSR count). The number of nitrogens with one attached hydrogen (secondary N) is 2. The highest BCUT2D eigenvalue weighted by Crippen LogP contribution is 2.34. The summed E-state index contributed by atoms with van der Waals surface area (Å²) in [4.78, 5) is 12.7. The van der Waals surface area contributed by atoms with Gasteiger partial charge >= 0.3 is 0 Å². The number of halogens is 1. The maximum absolute atomic E-state index is 13.5. The Kier molecular flexibility index (Phi) is 7.75. The average molecular weight is 543 g/mol. The Balaban J connectivity index is 1.74. The van der Waals surface area contributed by atoms with Gasteiger partial charge in [-0.2, -0.15) is 0 Å². The standard InChI is InChI=1S/C20H27ClN8O6S/c1-12(17-22-8-14(21)9-23-17)13(2)36(30,31)28-19-27-26-18(15-10-34-5-6-35-15)29(19)20(33-4)7-16(32-3)24-11-25-20/h7-9,11-13,15H,5-6,10H2,1-4H3,(H,24,25)(H,27,28)/t12-,13-,15+,20?/m0/s1. The minimum atomic E-state index is -4.04. The lowest BCUT2D eigenvalue weighted by Crippen LogP contribution is -2.41. The van der Waals surface area contributed by atoms with E-state index in [0.717, 1.165) is 0 Å². The molecule has 36 heavy (non-hydrogen) atoms. The van der Waals surface area contributed by atoms with Crippen molar-refractivity contribution in [1.29, 1.82) is 0 Å². The fourth-order valence-corrected chi connectivity index (χ4v) is 4.99. The molecular formula is C20H27ClN8O6S. The molecule has 0 aromatic carbocycles. The van der Waals surface area contributed by atoms with E-state index in [4.69, 9.17) is 30.5 Å². The second kappa shape index (κ2) is 10.6. The third kappa shape index (κ3) is 5.15. The predicted molar refractivity (Wildman–Crippen MR) is 129 cm³/mol. The van der Waals surface area contributed by atoms with Crippen molar-refractivity contribution >= 4 is 33.9 Å². The van der Waals surface area contributed by atoms with E-state index >= 15 is 0 Å². The first-order valence-electron chi connectivity index (χ1n) is 11.0. The highest BCUT2D eigenvalue weighted by atomic mass is 35.5. The van der Waals surface area contributed by atoms with Crippen LogP contribution < -0.4 is 10.0 Å². The molecule has 16 heteroatoms. The maximum Gasteiger partial charge on any atom is 0.274 e. The van der Waals surface area contributed by atoms with Crippen molar-refractivity contribution in [3.05, 3.63) is 41.0 Å². The summed E-state index contributed by atoms with van der Waals surface area (Å²) in [5.41, 5.74) is 0. The number of rotatable bonds is 9. The molecule has 2 aliphatic rings. The molecule has 196 valence electrons. The number of sulfonamides is 1. The molecule has 0 radical (unpaired) electrons. The number of aromatic nitrogens is 5. The van der Waals surface area contributed by atoms with E-state index in [-0.39, 0.29) is 18.4 Å². The minimum Gasteiger partial charge on any atom is -0.482 e. The fraction of sp³-hybridized carbons (Fsp3) is 0.550. The molecule has 4 heterocycles. The summed E-state index contributed by atoms with van der Waals surface area (Å²) in [5, 5.41) is 10.6. The molecule has 1 saturated heterocycles. The number of nitrogens with zero attached hydrogens (tertiary/aromatic N) is 6. The van der Waals surface area contributed by atoms with Gasteiger partial charge in [0.25, 0.3) is 5.85 Å². The zero-order chi connectivity index (χ0) is 25.9. The van der Waals surface area contributed by atoms with Crippen LogP contribution in [0.1, 0.15) is 37.5 Å². The molecule has 2 aliphatic heterocycles. The van der Waals surface area contributed by atoms with E-state index in [1.807, 2.05) is 0 Å². The van der Waals surface area contributed by atoms with Gasteiger partial charge in [-0.15, -0.1) is 10.2 Å². The van der Waals surface area contributed by atoms with Gasteiger partial charge in [0.1, 0.15) is 11.9 Å². The number of methoxy groups -OCH3 is 2. The lowest BCUT2D eigenvalue weighted by molar-refractivity contribution is -0.102. The normalized spacial score (nSPS) is 23.9. The molecule has 14 nitrogen and oxygen atoms in total. The predicted octanol–water partition coefficient (Wildman–Crippen LogP) is 1.12. The third-order valence-electron chi connectivity index (χ3n) is 5.88.